The molecule has 1 aliphatic heterocycles. The summed E-state index contributed by atoms with van der Waals surface area (Å²) < 4.78 is 39.1. The second-order valence-electron chi connectivity index (χ2n) is 12.0. The molecule has 0 radical (unpaired) electrons. The molecular weight excluding hydrogens is 571 g/mol. The van der Waals surface area contributed by atoms with Crippen molar-refractivity contribution >= 4 is 7.37 Å². The molecule has 44 heavy (non-hydrogen) atoms. The Morgan fingerprint density at radius 2 is 1.09 bits per heavy atom. The number of ether oxygens (including phenoxy) is 4. The Kier molecular flexibility index (Phi) is 15.1. The van der Waals surface area contributed by atoms with E-state index in [1.165, 1.54) is 32.1 Å². The molecular formula is C37H51O6P. The fourth-order valence-corrected chi connectivity index (χ4v) is 7.51. The van der Waals surface area contributed by atoms with Gasteiger partial charge in [0.25, 0.3) is 0 Å². The minimum absolute atomic E-state index is 0.0450. The van der Waals surface area contributed by atoms with Crippen LogP contribution in [0.1, 0.15) is 75.0 Å². The van der Waals surface area contributed by atoms with Crippen molar-refractivity contribution in [3.63, 3.8) is 0 Å². The predicted octanol–water partition coefficient (Wildman–Crippen LogP) is 8.55. The van der Waals surface area contributed by atoms with Gasteiger partial charge in [0.05, 0.1) is 38.7 Å². The van der Waals surface area contributed by atoms with E-state index in [2.05, 4.69) is 6.92 Å². The van der Waals surface area contributed by atoms with E-state index in [4.69, 9.17) is 18.9 Å². The minimum Gasteiger partial charge on any atom is -0.374 e. The highest BCUT2D eigenvalue weighted by Gasteiger charge is 2.48. The van der Waals surface area contributed by atoms with E-state index < -0.39 is 31.8 Å². The normalized spacial score (nSPS) is 21.3. The molecule has 1 unspecified atom stereocenters. The van der Waals surface area contributed by atoms with Crippen LogP contribution in [0, 0.1) is 0 Å². The molecule has 1 saturated heterocycles. The highest BCUT2D eigenvalue weighted by atomic mass is 31.2. The van der Waals surface area contributed by atoms with Gasteiger partial charge in [-0.25, -0.2) is 0 Å². The molecule has 3 aromatic carbocycles. The molecule has 0 amide bonds. The third-order valence-corrected chi connectivity index (χ3v) is 10.1. The summed E-state index contributed by atoms with van der Waals surface area (Å²) in [7, 11) is -3.45. The van der Waals surface area contributed by atoms with Gasteiger partial charge < -0.3 is 23.8 Å². The predicted molar refractivity (Wildman–Crippen MR) is 177 cm³/mol. The molecule has 0 bridgehead atoms. The van der Waals surface area contributed by atoms with E-state index >= 15 is 0 Å². The Labute approximate surface area is 264 Å². The van der Waals surface area contributed by atoms with Crippen LogP contribution in [-0.2, 0) is 43.3 Å². The van der Waals surface area contributed by atoms with Gasteiger partial charge in [-0.1, -0.05) is 143 Å². The van der Waals surface area contributed by atoms with Crippen LogP contribution >= 0.6 is 7.37 Å². The zero-order valence-corrected chi connectivity index (χ0v) is 27.2. The van der Waals surface area contributed by atoms with E-state index in [0.29, 0.717) is 32.6 Å². The van der Waals surface area contributed by atoms with Crippen LogP contribution < -0.4 is 0 Å². The lowest BCUT2D eigenvalue weighted by Crippen LogP contribution is -2.40. The molecule has 4 rings (SSSR count). The molecule has 0 saturated carbocycles. The quantitative estimate of drug-likeness (QED) is 0.0948. The fourth-order valence-electron chi connectivity index (χ4n) is 5.75. The standard InChI is InChI=1S/C37H51O6P/c1-2-3-4-5-6-7-8-18-25-44(38,39)30-35-37(42-28-33-23-16-11-17-24-33)36(41-27-32-21-14-10-15-22-32)34(43-35)29-40-26-31-19-12-9-13-20-31/h9-17,19-24,34-37H,2-8,18,25-30H2,1H3,(H,38,39)/t34-,35+,36-,37-/m1/s1. The van der Waals surface area contributed by atoms with Crippen molar-refractivity contribution in [3.05, 3.63) is 108 Å². The first kappa shape index (κ1) is 34.6. The Hall–Kier alpha value is -2.31. The maximum atomic E-state index is 13.5. The molecule has 240 valence electrons. The third kappa shape index (κ3) is 12.2. The molecule has 1 heterocycles. The van der Waals surface area contributed by atoms with E-state index in [9.17, 15) is 9.46 Å². The Balaban J connectivity index is 1.42. The molecule has 0 spiro atoms. The first-order chi connectivity index (χ1) is 21.5. The van der Waals surface area contributed by atoms with Crippen LogP contribution in [0.4, 0.5) is 0 Å². The van der Waals surface area contributed by atoms with Gasteiger partial charge in [0, 0.05) is 6.16 Å². The fraction of sp³-hybridized carbons (Fsp3) is 0.514. The van der Waals surface area contributed by atoms with Gasteiger partial charge >= 0.3 is 0 Å². The average molecular weight is 623 g/mol. The number of rotatable bonds is 21. The summed E-state index contributed by atoms with van der Waals surface area (Å²) in [5.41, 5.74) is 3.15. The Morgan fingerprint density at radius 3 is 1.61 bits per heavy atom. The van der Waals surface area contributed by atoms with Gasteiger partial charge in [-0.05, 0) is 23.1 Å². The van der Waals surface area contributed by atoms with Crippen LogP contribution in [-0.4, -0.2) is 48.2 Å². The highest BCUT2D eigenvalue weighted by Crippen LogP contribution is 2.46. The molecule has 6 nitrogen and oxygen atoms in total. The lowest BCUT2D eigenvalue weighted by molar-refractivity contribution is -0.0897. The zero-order chi connectivity index (χ0) is 30.9. The van der Waals surface area contributed by atoms with Crippen LogP contribution in [0.5, 0.6) is 0 Å². The second kappa shape index (κ2) is 19.3. The van der Waals surface area contributed by atoms with Gasteiger partial charge in [-0.2, -0.15) is 0 Å². The smallest absolute Gasteiger partial charge is 0.203 e. The SMILES string of the molecule is CCCCCCCCCCP(=O)(O)C[C@@H]1O[C@H](COCc2ccccc2)[C@@H](OCc2ccccc2)[C@@H]1OCc1ccccc1. The lowest BCUT2D eigenvalue weighted by atomic mass is 10.1. The molecule has 5 atom stereocenters. The molecule has 0 aromatic heterocycles. The summed E-state index contributed by atoms with van der Waals surface area (Å²) >= 11 is 0. The van der Waals surface area contributed by atoms with Crippen molar-refractivity contribution in [2.24, 2.45) is 0 Å². The van der Waals surface area contributed by atoms with Gasteiger partial charge in [-0.3, -0.25) is 4.57 Å². The van der Waals surface area contributed by atoms with E-state index in [-0.39, 0.29) is 6.16 Å². The largest absolute Gasteiger partial charge is 0.374 e. The van der Waals surface area contributed by atoms with Crippen LogP contribution in [0.15, 0.2) is 91.0 Å². The first-order valence-electron chi connectivity index (χ1n) is 16.4. The van der Waals surface area contributed by atoms with E-state index in [1.807, 2.05) is 91.0 Å². The van der Waals surface area contributed by atoms with Crippen molar-refractivity contribution in [1.29, 1.82) is 0 Å². The average Bonchev–Trinajstić information content (AvgIpc) is 3.36. The molecule has 1 N–H and O–H groups in total. The van der Waals surface area contributed by atoms with Crippen LogP contribution in [0.25, 0.3) is 0 Å². The van der Waals surface area contributed by atoms with Crippen molar-refractivity contribution in [1.82, 2.24) is 0 Å². The zero-order valence-electron chi connectivity index (χ0n) is 26.3. The van der Waals surface area contributed by atoms with Gasteiger partial charge in [-0.15, -0.1) is 0 Å². The van der Waals surface area contributed by atoms with Crippen LogP contribution in [0.3, 0.4) is 0 Å². The summed E-state index contributed by atoms with van der Waals surface area (Å²) in [6.07, 6.45) is 7.47. The van der Waals surface area contributed by atoms with Crippen molar-refractivity contribution in [2.75, 3.05) is 18.9 Å². The van der Waals surface area contributed by atoms with E-state index in [1.54, 1.807) is 0 Å². The monoisotopic (exact) mass is 622 g/mol. The maximum absolute atomic E-state index is 13.5. The first-order valence-corrected chi connectivity index (χ1v) is 18.5. The highest BCUT2D eigenvalue weighted by molar-refractivity contribution is 7.58. The summed E-state index contributed by atoms with van der Waals surface area (Å²) in [6, 6.07) is 30.0. The number of benzene rings is 3. The lowest BCUT2D eigenvalue weighted by Gasteiger charge is -2.26. The van der Waals surface area contributed by atoms with Crippen molar-refractivity contribution in [3.8, 4) is 0 Å². The van der Waals surface area contributed by atoms with Gasteiger partial charge in [0.2, 0.25) is 7.37 Å². The Morgan fingerprint density at radius 1 is 0.636 bits per heavy atom. The summed E-state index contributed by atoms with van der Waals surface area (Å²) in [6.45, 7) is 3.72. The number of hydrogen-bond acceptors (Lipinski definition) is 5. The molecule has 3 aromatic rings. The molecule has 1 aliphatic rings. The number of unbranched alkanes of at least 4 members (excludes halogenated alkanes) is 7. The summed E-state index contributed by atoms with van der Waals surface area (Å²) in [5.74, 6) is 0. The third-order valence-electron chi connectivity index (χ3n) is 8.20. The van der Waals surface area contributed by atoms with Gasteiger partial charge in [0.15, 0.2) is 0 Å². The summed E-state index contributed by atoms with van der Waals surface area (Å²) in [4.78, 5) is 11.1. The Bertz CT molecular complexity index is 1210. The second-order valence-corrected chi connectivity index (χ2v) is 14.5. The van der Waals surface area contributed by atoms with Crippen molar-refractivity contribution in [2.45, 2.75) is 103 Å². The molecule has 7 heteroatoms. The van der Waals surface area contributed by atoms with Crippen LogP contribution in [0.2, 0.25) is 0 Å². The maximum Gasteiger partial charge on any atom is 0.203 e. The summed E-state index contributed by atoms with van der Waals surface area (Å²) in [5, 5.41) is 0. The molecule has 0 aliphatic carbocycles. The van der Waals surface area contributed by atoms with Crippen molar-refractivity contribution < 1.29 is 28.4 Å². The van der Waals surface area contributed by atoms with E-state index in [0.717, 1.165) is 36.0 Å². The minimum atomic E-state index is -3.45. The molecule has 1 fully saturated rings. The van der Waals surface area contributed by atoms with Gasteiger partial charge in [0.1, 0.15) is 18.3 Å². The number of hydrogen-bond donors (Lipinski definition) is 1. The topological polar surface area (TPSA) is 74.2 Å².